The van der Waals surface area contributed by atoms with Crippen molar-refractivity contribution in [3.63, 3.8) is 0 Å². The minimum absolute atomic E-state index is 0.0998. The largest absolute Gasteiger partial charge is 0.481 e. The lowest BCUT2D eigenvalue weighted by molar-refractivity contribution is -0.136. The molecule has 16 heavy (non-hydrogen) atoms. The Hall–Kier alpha value is -1.32. The average molecular weight is 256 g/mol. The molecule has 0 saturated heterocycles. The molecule has 1 aromatic heterocycles. The van der Waals surface area contributed by atoms with Gasteiger partial charge in [-0.15, -0.1) is 0 Å². The molecule has 0 radical (unpaired) electrons. The molecular formula is C11H7Cl2NO2. The van der Waals surface area contributed by atoms with E-state index in [9.17, 15) is 4.79 Å². The molecule has 2 aromatic rings. The maximum absolute atomic E-state index is 10.6. The molecule has 0 aliphatic heterocycles. The van der Waals surface area contributed by atoms with Gasteiger partial charge in [-0.2, -0.15) is 0 Å². The fourth-order valence-electron chi connectivity index (χ4n) is 1.49. The van der Waals surface area contributed by atoms with Gasteiger partial charge >= 0.3 is 5.97 Å². The second-order valence-corrected chi connectivity index (χ2v) is 4.08. The molecule has 0 bridgehead atoms. The zero-order valence-electron chi connectivity index (χ0n) is 8.08. The van der Waals surface area contributed by atoms with Crippen molar-refractivity contribution in [1.82, 2.24) is 4.98 Å². The molecular weight excluding hydrogens is 249 g/mol. The lowest BCUT2D eigenvalue weighted by atomic mass is 10.1. The van der Waals surface area contributed by atoms with Gasteiger partial charge in [-0.25, -0.2) is 4.98 Å². The number of pyridine rings is 1. The third-order valence-electron chi connectivity index (χ3n) is 2.19. The smallest absolute Gasteiger partial charge is 0.307 e. The van der Waals surface area contributed by atoms with Crippen molar-refractivity contribution >= 4 is 40.1 Å². The molecule has 1 N–H and O–H groups in total. The van der Waals surface area contributed by atoms with Crippen molar-refractivity contribution in [3.05, 3.63) is 40.0 Å². The van der Waals surface area contributed by atoms with E-state index in [1.165, 1.54) is 0 Å². The first-order valence-electron chi connectivity index (χ1n) is 4.53. The number of carbonyl (C=O) groups is 1. The Morgan fingerprint density at radius 3 is 2.69 bits per heavy atom. The van der Waals surface area contributed by atoms with Crippen LogP contribution in [0, 0.1) is 0 Å². The number of rotatable bonds is 2. The molecule has 0 amide bonds. The molecule has 82 valence electrons. The molecule has 1 heterocycles. The Labute approximate surface area is 102 Å². The highest BCUT2D eigenvalue weighted by molar-refractivity contribution is 6.36. The van der Waals surface area contributed by atoms with Crippen LogP contribution < -0.4 is 0 Å². The zero-order valence-corrected chi connectivity index (χ0v) is 9.59. The van der Waals surface area contributed by atoms with Gasteiger partial charge < -0.3 is 5.11 Å². The van der Waals surface area contributed by atoms with Crippen molar-refractivity contribution < 1.29 is 9.90 Å². The standard InChI is InChI=1S/C11H7Cl2NO2/c12-9-4-2-7-8(14-9)3-1-6(11(7)13)5-10(15)16/h1-4H,5H2,(H,15,16). The van der Waals surface area contributed by atoms with E-state index in [-0.39, 0.29) is 6.42 Å². The Balaban J connectivity index is 2.60. The van der Waals surface area contributed by atoms with Crippen LogP contribution in [0.5, 0.6) is 0 Å². The fraction of sp³-hybridized carbons (Fsp3) is 0.0909. The van der Waals surface area contributed by atoms with Gasteiger partial charge in [0.15, 0.2) is 0 Å². The summed E-state index contributed by atoms with van der Waals surface area (Å²) in [5, 5.41) is 10.2. The second kappa shape index (κ2) is 4.28. The van der Waals surface area contributed by atoms with Crippen LogP contribution >= 0.6 is 23.2 Å². The monoisotopic (exact) mass is 255 g/mol. The number of aliphatic carboxylic acids is 1. The number of carboxylic acid groups (broad SMARTS) is 1. The van der Waals surface area contributed by atoms with Crippen LogP contribution in [0.4, 0.5) is 0 Å². The highest BCUT2D eigenvalue weighted by Gasteiger charge is 2.09. The normalized spacial score (nSPS) is 10.6. The molecule has 0 aliphatic carbocycles. The Bertz CT molecular complexity index is 569. The topological polar surface area (TPSA) is 50.2 Å². The van der Waals surface area contributed by atoms with Gasteiger partial charge in [0, 0.05) is 5.39 Å². The van der Waals surface area contributed by atoms with Gasteiger partial charge in [0.05, 0.1) is 17.0 Å². The Kier molecular flexibility index (Phi) is 2.99. The molecule has 0 aliphatic rings. The first kappa shape index (κ1) is 11.2. The summed E-state index contributed by atoms with van der Waals surface area (Å²) in [7, 11) is 0. The fourth-order valence-corrected chi connectivity index (χ4v) is 1.93. The molecule has 0 spiro atoms. The molecule has 2 rings (SSSR count). The maximum Gasteiger partial charge on any atom is 0.307 e. The van der Waals surface area contributed by atoms with Crippen molar-refractivity contribution in [3.8, 4) is 0 Å². The first-order valence-corrected chi connectivity index (χ1v) is 5.29. The SMILES string of the molecule is O=C(O)Cc1ccc2nc(Cl)ccc2c1Cl. The van der Waals surface area contributed by atoms with Crippen molar-refractivity contribution in [2.24, 2.45) is 0 Å². The number of hydrogen-bond donors (Lipinski definition) is 1. The van der Waals surface area contributed by atoms with Gasteiger partial charge in [-0.3, -0.25) is 4.79 Å². The first-order chi connectivity index (χ1) is 7.58. The summed E-state index contributed by atoms with van der Waals surface area (Å²) >= 11 is 11.8. The lowest BCUT2D eigenvalue weighted by Crippen LogP contribution is -2.00. The summed E-state index contributed by atoms with van der Waals surface area (Å²) in [6, 6.07) is 6.73. The predicted molar refractivity (Wildman–Crippen MR) is 63.1 cm³/mol. The van der Waals surface area contributed by atoms with Crippen molar-refractivity contribution in [2.75, 3.05) is 0 Å². The molecule has 5 heteroatoms. The zero-order chi connectivity index (χ0) is 11.7. The number of fused-ring (bicyclic) bond motifs is 1. The van der Waals surface area contributed by atoms with Crippen molar-refractivity contribution in [1.29, 1.82) is 0 Å². The summed E-state index contributed by atoms with van der Waals surface area (Å²) in [5.41, 5.74) is 1.23. The van der Waals surface area contributed by atoms with Crippen LogP contribution in [-0.4, -0.2) is 16.1 Å². The molecule has 0 atom stereocenters. The van der Waals surface area contributed by atoms with Crippen LogP contribution in [0.25, 0.3) is 10.9 Å². The van der Waals surface area contributed by atoms with Crippen LogP contribution in [0.1, 0.15) is 5.56 Å². The van der Waals surface area contributed by atoms with Crippen LogP contribution in [0.3, 0.4) is 0 Å². The van der Waals surface area contributed by atoms with E-state index in [4.69, 9.17) is 28.3 Å². The highest BCUT2D eigenvalue weighted by Crippen LogP contribution is 2.27. The van der Waals surface area contributed by atoms with E-state index < -0.39 is 5.97 Å². The van der Waals surface area contributed by atoms with E-state index in [0.717, 1.165) is 0 Å². The molecule has 3 nitrogen and oxygen atoms in total. The van der Waals surface area contributed by atoms with Crippen LogP contribution in [0.15, 0.2) is 24.3 Å². The number of halogens is 2. The molecule has 0 saturated carbocycles. The van der Waals surface area contributed by atoms with Gasteiger partial charge in [0.2, 0.25) is 0 Å². The van der Waals surface area contributed by atoms with E-state index >= 15 is 0 Å². The summed E-state index contributed by atoms with van der Waals surface area (Å²) in [4.78, 5) is 14.7. The van der Waals surface area contributed by atoms with Gasteiger partial charge in [0.1, 0.15) is 5.15 Å². The number of hydrogen-bond acceptors (Lipinski definition) is 2. The summed E-state index contributed by atoms with van der Waals surface area (Å²) < 4.78 is 0. The minimum Gasteiger partial charge on any atom is -0.481 e. The second-order valence-electron chi connectivity index (χ2n) is 3.31. The number of aromatic nitrogens is 1. The summed E-state index contributed by atoms with van der Waals surface area (Å²) in [6.45, 7) is 0. The molecule has 0 unspecified atom stereocenters. The summed E-state index contributed by atoms with van der Waals surface area (Å²) in [6.07, 6.45) is -0.0998. The van der Waals surface area contributed by atoms with E-state index in [2.05, 4.69) is 4.98 Å². The van der Waals surface area contributed by atoms with Crippen molar-refractivity contribution in [2.45, 2.75) is 6.42 Å². The number of benzene rings is 1. The highest BCUT2D eigenvalue weighted by atomic mass is 35.5. The van der Waals surface area contributed by atoms with Gasteiger partial charge in [-0.1, -0.05) is 29.3 Å². The van der Waals surface area contributed by atoms with Crippen LogP contribution in [0.2, 0.25) is 10.2 Å². The van der Waals surface area contributed by atoms with E-state index in [1.54, 1.807) is 24.3 Å². The summed E-state index contributed by atoms with van der Waals surface area (Å²) in [5.74, 6) is -0.914. The van der Waals surface area contributed by atoms with E-state index in [0.29, 0.717) is 26.6 Å². The third-order valence-corrected chi connectivity index (χ3v) is 2.85. The van der Waals surface area contributed by atoms with Crippen LogP contribution in [-0.2, 0) is 11.2 Å². The number of carboxylic acids is 1. The van der Waals surface area contributed by atoms with Gasteiger partial charge in [0.25, 0.3) is 0 Å². The third kappa shape index (κ3) is 2.10. The van der Waals surface area contributed by atoms with E-state index in [1.807, 2.05) is 0 Å². The maximum atomic E-state index is 10.6. The lowest BCUT2D eigenvalue weighted by Gasteiger charge is -2.05. The molecule has 1 aromatic carbocycles. The molecule has 0 fully saturated rings. The minimum atomic E-state index is -0.914. The quantitative estimate of drug-likeness (QED) is 0.839. The predicted octanol–water partition coefficient (Wildman–Crippen LogP) is 3.17. The average Bonchev–Trinajstić information content (AvgIpc) is 2.22. The number of nitrogens with zero attached hydrogens (tertiary/aromatic N) is 1. The Morgan fingerprint density at radius 1 is 1.25 bits per heavy atom. The Morgan fingerprint density at radius 2 is 2.00 bits per heavy atom. The van der Waals surface area contributed by atoms with Gasteiger partial charge in [-0.05, 0) is 23.8 Å².